The van der Waals surface area contributed by atoms with Crippen LogP contribution in [0.4, 0.5) is 8.78 Å². The highest BCUT2D eigenvalue weighted by molar-refractivity contribution is 6.13. The van der Waals surface area contributed by atoms with Gasteiger partial charge in [0.15, 0.2) is 0 Å². The molecular weight excluding hydrogens is 272 g/mol. The Hall–Kier alpha value is -1.65. The van der Waals surface area contributed by atoms with E-state index in [4.69, 9.17) is 5.41 Å². The maximum atomic E-state index is 13.5. The number of dihydropyridines is 1. The molecule has 2 unspecified atom stereocenters. The molecule has 0 saturated heterocycles. The van der Waals surface area contributed by atoms with Crippen LogP contribution in [-0.4, -0.2) is 36.5 Å². The second-order valence-corrected chi connectivity index (χ2v) is 5.52. The molecule has 2 aliphatic rings. The second-order valence-electron chi connectivity index (χ2n) is 5.52. The molecule has 0 spiro atoms. The molecule has 2 heterocycles. The predicted octanol–water partition coefficient (Wildman–Crippen LogP) is 4.00. The van der Waals surface area contributed by atoms with Crippen LogP contribution in [-0.2, 0) is 0 Å². The van der Waals surface area contributed by atoms with E-state index in [1.54, 1.807) is 0 Å². The van der Waals surface area contributed by atoms with Crippen LogP contribution < -0.4 is 0 Å². The molecule has 2 rings (SSSR count). The summed E-state index contributed by atoms with van der Waals surface area (Å²) < 4.78 is 26.9. The molecule has 0 radical (unpaired) electrons. The van der Waals surface area contributed by atoms with Crippen molar-refractivity contribution in [3.05, 3.63) is 22.9 Å². The van der Waals surface area contributed by atoms with E-state index in [1.165, 1.54) is 13.1 Å². The zero-order valence-electron chi connectivity index (χ0n) is 12.5. The van der Waals surface area contributed by atoms with Crippen LogP contribution >= 0.6 is 0 Å². The van der Waals surface area contributed by atoms with Gasteiger partial charge in [0.2, 0.25) is 0 Å². The van der Waals surface area contributed by atoms with Gasteiger partial charge in [-0.05, 0) is 32.3 Å². The van der Waals surface area contributed by atoms with Gasteiger partial charge in [0.1, 0.15) is 12.3 Å². The monoisotopic (exact) mass is 293 g/mol. The molecule has 0 bridgehead atoms. The van der Waals surface area contributed by atoms with Crippen LogP contribution in [0.3, 0.4) is 0 Å². The minimum Gasteiger partial charge on any atom is -0.307 e. The highest BCUT2D eigenvalue weighted by Gasteiger charge is 2.24. The molecule has 2 atom stereocenters. The van der Waals surface area contributed by atoms with Crippen molar-refractivity contribution in [2.24, 2.45) is 9.98 Å². The van der Waals surface area contributed by atoms with Gasteiger partial charge in [0.25, 0.3) is 0 Å². The number of allylic oxidation sites excluding steroid dienone is 3. The van der Waals surface area contributed by atoms with Crippen molar-refractivity contribution in [1.29, 1.82) is 5.41 Å². The normalized spacial score (nSPS) is 23.7. The summed E-state index contributed by atoms with van der Waals surface area (Å²) in [6, 6.07) is 0. The van der Waals surface area contributed by atoms with Crippen LogP contribution in [0, 0.1) is 5.41 Å². The fraction of sp³-hybridized carbons (Fsp3) is 0.562. The van der Waals surface area contributed by atoms with E-state index in [0.717, 1.165) is 29.0 Å². The van der Waals surface area contributed by atoms with Crippen LogP contribution in [0.15, 0.2) is 32.9 Å². The third-order valence-corrected chi connectivity index (χ3v) is 3.76. The number of halogens is 2. The second kappa shape index (κ2) is 6.87. The Kier molecular flexibility index (Phi) is 5.15. The van der Waals surface area contributed by atoms with Crippen molar-refractivity contribution < 1.29 is 8.78 Å². The number of nitrogens with one attached hydrogen (secondary N) is 1. The van der Waals surface area contributed by atoms with E-state index < -0.39 is 12.3 Å². The average molecular weight is 293 g/mol. The summed E-state index contributed by atoms with van der Waals surface area (Å²) in [7, 11) is 0. The Morgan fingerprint density at radius 2 is 2.29 bits per heavy atom. The van der Waals surface area contributed by atoms with Crippen molar-refractivity contribution in [1.82, 2.24) is 0 Å². The van der Waals surface area contributed by atoms with E-state index in [1.807, 2.05) is 13.0 Å². The molecule has 0 aromatic carbocycles. The standard InChI is InChI=1S/C16H21F2N3/c1-10(4-3-5-14(18)11(2)19)16-13-8-12(17)9-21-15(13)6-7-20-16/h4,9,12,14,19H,3,5-8H2,1-2H3. The van der Waals surface area contributed by atoms with E-state index in [-0.39, 0.29) is 5.71 Å². The Balaban J connectivity index is 2.06. The van der Waals surface area contributed by atoms with Crippen molar-refractivity contribution >= 4 is 17.6 Å². The lowest BCUT2D eigenvalue weighted by Crippen LogP contribution is -2.21. The number of aliphatic imine (C=N–C) groups is 2. The van der Waals surface area contributed by atoms with Gasteiger partial charge >= 0.3 is 0 Å². The molecule has 0 aromatic heterocycles. The largest absolute Gasteiger partial charge is 0.307 e. The van der Waals surface area contributed by atoms with E-state index >= 15 is 0 Å². The third kappa shape index (κ3) is 3.93. The Morgan fingerprint density at radius 3 is 3.00 bits per heavy atom. The molecule has 3 nitrogen and oxygen atoms in total. The van der Waals surface area contributed by atoms with Crippen molar-refractivity contribution in [2.45, 2.75) is 51.9 Å². The van der Waals surface area contributed by atoms with Gasteiger partial charge in [-0.15, -0.1) is 0 Å². The maximum Gasteiger partial charge on any atom is 0.139 e. The van der Waals surface area contributed by atoms with Gasteiger partial charge in [0.05, 0.1) is 5.71 Å². The summed E-state index contributed by atoms with van der Waals surface area (Å²) in [4.78, 5) is 8.68. The van der Waals surface area contributed by atoms with Gasteiger partial charge in [-0.25, -0.2) is 8.78 Å². The Bertz CT molecular complexity index is 544. The molecule has 0 aliphatic carbocycles. The highest BCUT2D eigenvalue weighted by Crippen LogP contribution is 2.28. The summed E-state index contributed by atoms with van der Waals surface area (Å²) in [5.41, 5.74) is 3.65. The zero-order valence-corrected chi connectivity index (χ0v) is 12.5. The fourth-order valence-corrected chi connectivity index (χ4v) is 2.55. The minimum absolute atomic E-state index is 0.0583. The van der Waals surface area contributed by atoms with Crippen molar-refractivity contribution in [3.8, 4) is 0 Å². The summed E-state index contributed by atoms with van der Waals surface area (Å²) in [5.74, 6) is 0. The first-order valence-corrected chi connectivity index (χ1v) is 7.30. The van der Waals surface area contributed by atoms with Crippen LogP contribution in [0.1, 0.15) is 39.5 Å². The van der Waals surface area contributed by atoms with Gasteiger partial charge < -0.3 is 5.41 Å². The van der Waals surface area contributed by atoms with Crippen molar-refractivity contribution in [2.75, 3.05) is 6.54 Å². The molecule has 0 fully saturated rings. The molecule has 0 aromatic rings. The Labute approximate surface area is 124 Å². The first-order chi connectivity index (χ1) is 9.99. The van der Waals surface area contributed by atoms with Crippen molar-refractivity contribution in [3.63, 3.8) is 0 Å². The first kappa shape index (κ1) is 15.7. The summed E-state index contributed by atoms with van der Waals surface area (Å²) in [5, 5.41) is 7.24. The zero-order chi connectivity index (χ0) is 15.4. The number of alkyl halides is 2. The molecule has 5 heteroatoms. The summed E-state index contributed by atoms with van der Waals surface area (Å²) in [6.45, 7) is 4.06. The first-order valence-electron chi connectivity index (χ1n) is 7.30. The molecule has 114 valence electrons. The van der Waals surface area contributed by atoms with Crippen LogP contribution in [0.5, 0.6) is 0 Å². The molecule has 2 aliphatic heterocycles. The summed E-state index contributed by atoms with van der Waals surface area (Å²) in [6.07, 6.45) is 2.99. The smallest absolute Gasteiger partial charge is 0.139 e. The number of nitrogens with zero attached hydrogens (tertiary/aromatic N) is 2. The van der Waals surface area contributed by atoms with Crippen LogP contribution in [0.25, 0.3) is 0 Å². The fourth-order valence-electron chi connectivity index (χ4n) is 2.55. The van der Waals surface area contributed by atoms with E-state index in [0.29, 0.717) is 25.8 Å². The highest BCUT2D eigenvalue weighted by atomic mass is 19.1. The van der Waals surface area contributed by atoms with Gasteiger partial charge in [-0.2, -0.15) is 0 Å². The maximum absolute atomic E-state index is 13.5. The molecule has 0 amide bonds. The van der Waals surface area contributed by atoms with E-state index in [2.05, 4.69) is 9.98 Å². The molecule has 0 saturated carbocycles. The lowest BCUT2D eigenvalue weighted by Gasteiger charge is -2.23. The minimum atomic E-state index is -1.19. The van der Waals surface area contributed by atoms with Gasteiger partial charge in [-0.1, -0.05) is 6.08 Å². The topological polar surface area (TPSA) is 48.6 Å². The lowest BCUT2D eigenvalue weighted by molar-refractivity contribution is 0.401. The van der Waals surface area contributed by atoms with Gasteiger partial charge in [-0.3, -0.25) is 9.98 Å². The lowest BCUT2D eigenvalue weighted by atomic mass is 9.91. The van der Waals surface area contributed by atoms with E-state index in [9.17, 15) is 8.78 Å². The third-order valence-electron chi connectivity index (χ3n) is 3.76. The number of hydrogen-bond acceptors (Lipinski definition) is 3. The predicted molar refractivity (Wildman–Crippen MR) is 83.2 cm³/mol. The SMILES string of the molecule is CC(=N)C(F)CCC=C(C)C1=NCCC2=C1CC(F)C=N2. The average Bonchev–Trinajstić information content (AvgIpc) is 2.46. The number of rotatable bonds is 5. The van der Waals surface area contributed by atoms with Gasteiger partial charge in [0, 0.05) is 42.6 Å². The molecule has 21 heavy (non-hydrogen) atoms. The molecule has 1 N–H and O–H groups in total. The summed E-state index contributed by atoms with van der Waals surface area (Å²) >= 11 is 0. The van der Waals surface area contributed by atoms with Crippen LogP contribution in [0.2, 0.25) is 0 Å². The molecular formula is C16H21F2N3. The number of hydrogen-bond donors (Lipinski definition) is 1. The Morgan fingerprint density at radius 1 is 1.52 bits per heavy atom. The quantitative estimate of drug-likeness (QED) is 0.745.